The minimum atomic E-state index is 0.819. The molecule has 0 aliphatic rings. The molecule has 0 spiro atoms. The SMILES string of the molecule is CCC(CC)C(C)CCN. The zero-order chi connectivity index (χ0) is 7.98. The van der Waals surface area contributed by atoms with Gasteiger partial charge in [0.15, 0.2) is 0 Å². The van der Waals surface area contributed by atoms with E-state index in [2.05, 4.69) is 20.8 Å². The number of rotatable bonds is 5. The smallest absolute Gasteiger partial charge is 0.00746 e. The van der Waals surface area contributed by atoms with Gasteiger partial charge in [0.1, 0.15) is 0 Å². The third-order valence-corrected chi connectivity index (χ3v) is 2.48. The van der Waals surface area contributed by atoms with Crippen LogP contribution in [0.2, 0.25) is 0 Å². The quantitative estimate of drug-likeness (QED) is 0.628. The molecule has 1 unspecified atom stereocenters. The van der Waals surface area contributed by atoms with E-state index < -0.39 is 0 Å². The average Bonchev–Trinajstić information content (AvgIpc) is 1.91. The van der Waals surface area contributed by atoms with Crippen LogP contribution in [0.25, 0.3) is 0 Å². The Bertz CT molecular complexity index is 67.1. The van der Waals surface area contributed by atoms with Gasteiger partial charge >= 0.3 is 0 Å². The number of hydrogen-bond donors (Lipinski definition) is 1. The van der Waals surface area contributed by atoms with E-state index in [1.165, 1.54) is 19.3 Å². The molecule has 0 aromatic rings. The van der Waals surface area contributed by atoms with Gasteiger partial charge in [-0.1, -0.05) is 33.6 Å². The molecule has 0 heterocycles. The molecular weight excluding hydrogens is 122 g/mol. The van der Waals surface area contributed by atoms with Crippen molar-refractivity contribution < 1.29 is 0 Å². The normalized spacial score (nSPS) is 14.1. The molecule has 1 heteroatoms. The summed E-state index contributed by atoms with van der Waals surface area (Å²) in [6, 6.07) is 0. The highest BCUT2D eigenvalue weighted by Crippen LogP contribution is 2.20. The lowest BCUT2D eigenvalue weighted by Gasteiger charge is -2.19. The van der Waals surface area contributed by atoms with Crippen molar-refractivity contribution in [2.45, 2.75) is 40.0 Å². The molecule has 10 heavy (non-hydrogen) atoms. The minimum Gasteiger partial charge on any atom is -0.330 e. The molecule has 0 saturated heterocycles. The van der Waals surface area contributed by atoms with Gasteiger partial charge in [0.2, 0.25) is 0 Å². The van der Waals surface area contributed by atoms with Gasteiger partial charge in [-0.05, 0) is 24.8 Å². The van der Waals surface area contributed by atoms with E-state index in [1.54, 1.807) is 0 Å². The van der Waals surface area contributed by atoms with Crippen LogP contribution in [-0.2, 0) is 0 Å². The van der Waals surface area contributed by atoms with Gasteiger partial charge in [-0.2, -0.15) is 0 Å². The first-order chi connectivity index (χ1) is 4.76. The maximum atomic E-state index is 5.48. The minimum absolute atomic E-state index is 0.819. The molecule has 0 aliphatic carbocycles. The van der Waals surface area contributed by atoms with Gasteiger partial charge in [0.05, 0.1) is 0 Å². The molecule has 0 saturated carbocycles. The van der Waals surface area contributed by atoms with Gasteiger partial charge in [-0.25, -0.2) is 0 Å². The predicted molar refractivity (Wildman–Crippen MR) is 46.9 cm³/mol. The predicted octanol–water partition coefficient (Wildman–Crippen LogP) is 2.41. The molecular formula is C9H21N. The lowest BCUT2D eigenvalue weighted by Crippen LogP contribution is -2.14. The van der Waals surface area contributed by atoms with Crippen LogP contribution in [0, 0.1) is 11.8 Å². The zero-order valence-electron chi connectivity index (χ0n) is 7.56. The topological polar surface area (TPSA) is 26.0 Å². The highest BCUT2D eigenvalue weighted by Gasteiger charge is 2.11. The molecule has 0 aromatic heterocycles. The summed E-state index contributed by atoms with van der Waals surface area (Å²) < 4.78 is 0. The van der Waals surface area contributed by atoms with Crippen molar-refractivity contribution in [3.8, 4) is 0 Å². The lowest BCUT2D eigenvalue weighted by atomic mass is 9.87. The largest absolute Gasteiger partial charge is 0.330 e. The Labute approximate surface area is 65.0 Å². The lowest BCUT2D eigenvalue weighted by molar-refractivity contribution is 0.322. The molecule has 2 N–H and O–H groups in total. The van der Waals surface area contributed by atoms with Crippen molar-refractivity contribution in [1.29, 1.82) is 0 Å². The first kappa shape index (κ1) is 9.96. The molecule has 62 valence electrons. The molecule has 0 radical (unpaired) electrons. The summed E-state index contributed by atoms with van der Waals surface area (Å²) in [5.74, 6) is 1.71. The Hall–Kier alpha value is -0.0400. The Morgan fingerprint density at radius 1 is 1.20 bits per heavy atom. The zero-order valence-corrected chi connectivity index (χ0v) is 7.56. The Balaban J connectivity index is 3.53. The highest BCUT2D eigenvalue weighted by atomic mass is 14.5. The standard InChI is InChI=1S/C9H21N/c1-4-9(5-2)8(3)6-7-10/h8-9H,4-7,10H2,1-3H3. The second kappa shape index (κ2) is 5.72. The molecule has 0 bridgehead atoms. The average molecular weight is 143 g/mol. The number of hydrogen-bond acceptors (Lipinski definition) is 1. The van der Waals surface area contributed by atoms with Crippen molar-refractivity contribution in [2.24, 2.45) is 17.6 Å². The van der Waals surface area contributed by atoms with E-state index in [1.807, 2.05) is 0 Å². The first-order valence-electron chi connectivity index (χ1n) is 4.46. The van der Waals surface area contributed by atoms with Crippen LogP contribution in [0.3, 0.4) is 0 Å². The van der Waals surface area contributed by atoms with E-state index in [0.717, 1.165) is 18.4 Å². The van der Waals surface area contributed by atoms with Crippen LogP contribution in [-0.4, -0.2) is 6.54 Å². The molecule has 0 amide bonds. The third-order valence-electron chi connectivity index (χ3n) is 2.48. The van der Waals surface area contributed by atoms with E-state index in [4.69, 9.17) is 5.73 Å². The molecule has 1 atom stereocenters. The second-order valence-electron chi connectivity index (χ2n) is 3.13. The van der Waals surface area contributed by atoms with Gasteiger partial charge in [0.25, 0.3) is 0 Å². The van der Waals surface area contributed by atoms with Crippen LogP contribution in [0.1, 0.15) is 40.0 Å². The fourth-order valence-corrected chi connectivity index (χ4v) is 1.59. The fraction of sp³-hybridized carbons (Fsp3) is 1.00. The summed E-state index contributed by atoms with van der Waals surface area (Å²) in [6.07, 6.45) is 3.79. The maximum Gasteiger partial charge on any atom is -0.00746 e. The summed E-state index contributed by atoms with van der Waals surface area (Å²) in [5, 5.41) is 0. The van der Waals surface area contributed by atoms with E-state index in [-0.39, 0.29) is 0 Å². The maximum absolute atomic E-state index is 5.48. The Morgan fingerprint density at radius 3 is 2.00 bits per heavy atom. The van der Waals surface area contributed by atoms with Gasteiger partial charge in [0, 0.05) is 0 Å². The summed E-state index contributed by atoms with van der Waals surface area (Å²) >= 11 is 0. The van der Waals surface area contributed by atoms with Crippen LogP contribution >= 0.6 is 0 Å². The third kappa shape index (κ3) is 3.21. The summed E-state index contributed by atoms with van der Waals surface area (Å²) in [7, 11) is 0. The molecule has 0 aromatic carbocycles. The summed E-state index contributed by atoms with van der Waals surface area (Å²) in [4.78, 5) is 0. The Morgan fingerprint density at radius 2 is 1.70 bits per heavy atom. The van der Waals surface area contributed by atoms with Crippen molar-refractivity contribution in [3.05, 3.63) is 0 Å². The van der Waals surface area contributed by atoms with Crippen molar-refractivity contribution >= 4 is 0 Å². The summed E-state index contributed by atoms with van der Waals surface area (Å²) in [5.41, 5.74) is 5.48. The first-order valence-corrected chi connectivity index (χ1v) is 4.46. The second-order valence-corrected chi connectivity index (χ2v) is 3.13. The van der Waals surface area contributed by atoms with Gasteiger partial charge in [-0.15, -0.1) is 0 Å². The van der Waals surface area contributed by atoms with Crippen LogP contribution in [0.5, 0.6) is 0 Å². The van der Waals surface area contributed by atoms with E-state index >= 15 is 0 Å². The van der Waals surface area contributed by atoms with Crippen LogP contribution in [0.4, 0.5) is 0 Å². The molecule has 0 fully saturated rings. The van der Waals surface area contributed by atoms with E-state index in [0.29, 0.717) is 0 Å². The van der Waals surface area contributed by atoms with Crippen molar-refractivity contribution in [1.82, 2.24) is 0 Å². The highest BCUT2D eigenvalue weighted by molar-refractivity contribution is 4.63. The fourth-order valence-electron chi connectivity index (χ4n) is 1.59. The van der Waals surface area contributed by atoms with Crippen LogP contribution < -0.4 is 5.73 Å². The molecule has 0 rings (SSSR count). The molecule has 1 nitrogen and oxygen atoms in total. The van der Waals surface area contributed by atoms with Crippen molar-refractivity contribution in [2.75, 3.05) is 6.54 Å². The number of nitrogens with two attached hydrogens (primary N) is 1. The van der Waals surface area contributed by atoms with Crippen LogP contribution in [0.15, 0.2) is 0 Å². The Kier molecular flexibility index (Phi) is 5.70. The van der Waals surface area contributed by atoms with E-state index in [9.17, 15) is 0 Å². The summed E-state index contributed by atoms with van der Waals surface area (Å²) in [6.45, 7) is 7.69. The van der Waals surface area contributed by atoms with Crippen molar-refractivity contribution in [3.63, 3.8) is 0 Å². The monoisotopic (exact) mass is 143 g/mol. The van der Waals surface area contributed by atoms with Gasteiger partial charge in [-0.3, -0.25) is 0 Å². The van der Waals surface area contributed by atoms with Gasteiger partial charge < -0.3 is 5.73 Å². The molecule has 0 aliphatic heterocycles.